The number of fused-ring (bicyclic) bond motifs is 1. The first-order valence-electron chi connectivity index (χ1n) is 6.58. The second-order valence-electron chi connectivity index (χ2n) is 5.01. The summed E-state index contributed by atoms with van der Waals surface area (Å²) in [4.78, 5) is 0. The minimum Gasteiger partial charge on any atom is -0.495 e. The van der Waals surface area contributed by atoms with Gasteiger partial charge in [0.25, 0.3) is 0 Å². The third-order valence-corrected chi connectivity index (χ3v) is 4.33. The molecule has 2 aromatic carbocycles. The highest BCUT2D eigenvalue weighted by Gasteiger charge is 2.18. The van der Waals surface area contributed by atoms with E-state index in [9.17, 15) is 0 Å². The van der Waals surface area contributed by atoms with Gasteiger partial charge in [-0.15, -0.1) is 0 Å². The Morgan fingerprint density at radius 1 is 1.10 bits per heavy atom. The number of hydrogen-bond donors (Lipinski definition) is 1. The Balaban J connectivity index is 1.98. The summed E-state index contributed by atoms with van der Waals surface area (Å²) in [6.45, 7) is 1.30. The van der Waals surface area contributed by atoms with Crippen molar-refractivity contribution in [3.8, 4) is 5.75 Å². The van der Waals surface area contributed by atoms with Gasteiger partial charge in [0.2, 0.25) is 0 Å². The van der Waals surface area contributed by atoms with Gasteiger partial charge in [-0.1, -0.05) is 41.4 Å². The van der Waals surface area contributed by atoms with Gasteiger partial charge >= 0.3 is 0 Å². The van der Waals surface area contributed by atoms with Crippen LogP contribution in [0.15, 0.2) is 30.3 Å². The lowest BCUT2D eigenvalue weighted by molar-refractivity contribution is 0.134. The highest BCUT2D eigenvalue weighted by Crippen LogP contribution is 2.36. The zero-order valence-corrected chi connectivity index (χ0v) is 13.0. The summed E-state index contributed by atoms with van der Waals surface area (Å²) in [7, 11) is 1.55. The Kier molecular flexibility index (Phi) is 4.09. The molecule has 0 spiro atoms. The maximum atomic E-state index is 6.35. The lowest BCUT2D eigenvalue weighted by Crippen LogP contribution is -2.13. The fourth-order valence-electron chi connectivity index (χ4n) is 2.50. The van der Waals surface area contributed by atoms with Crippen molar-refractivity contribution in [1.82, 2.24) is 0 Å². The lowest BCUT2D eigenvalue weighted by atomic mass is 9.96. The Labute approximate surface area is 133 Å². The third-order valence-electron chi connectivity index (χ3n) is 3.71. The summed E-state index contributed by atoms with van der Waals surface area (Å²) in [6.07, 6.45) is 0. The van der Waals surface area contributed by atoms with Crippen LogP contribution in [0.2, 0.25) is 10.0 Å². The van der Waals surface area contributed by atoms with Gasteiger partial charge in [-0.05, 0) is 28.3 Å². The van der Waals surface area contributed by atoms with Crippen LogP contribution >= 0.6 is 23.2 Å². The van der Waals surface area contributed by atoms with Crippen molar-refractivity contribution in [2.75, 3.05) is 7.11 Å². The van der Waals surface area contributed by atoms with E-state index in [4.69, 9.17) is 38.4 Å². The molecule has 3 rings (SSSR count). The number of rotatable bonds is 3. The van der Waals surface area contributed by atoms with E-state index in [0.717, 1.165) is 11.1 Å². The molecule has 0 saturated heterocycles. The second-order valence-corrected chi connectivity index (χ2v) is 5.82. The standard InChI is InChI=1S/C16H15Cl2NO2/c1-20-15-6-13(17)12(5-14(15)18)16(19)9-2-3-10-7-21-8-11(10)4-9/h2-6,16H,7-8,19H2,1H3. The van der Waals surface area contributed by atoms with E-state index in [2.05, 4.69) is 12.1 Å². The smallest absolute Gasteiger partial charge is 0.138 e. The molecule has 21 heavy (non-hydrogen) atoms. The lowest BCUT2D eigenvalue weighted by Gasteiger charge is -2.17. The molecule has 0 radical (unpaired) electrons. The van der Waals surface area contributed by atoms with Crippen LogP contribution in [-0.4, -0.2) is 7.11 Å². The van der Waals surface area contributed by atoms with Crippen molar-refractivity contribution in [3.63, 3.8) is 0 Å². The van der Waals surface area contributed by atoms with Gasteiger partial charge < -0.3 is 15.2 Å². The van der Waals surface area contributed by atoms with E-state index in [1.807, 2.05) is 6.07 Å². The van der Waals surface area contributed by atoms with Crippen molar-refractivity contribution < 1.29 is 9.47 Å². The van der Waals surface area contributed by atoms with Crippen LogP contribution < -0.4 is 10.5 Å². The normalized spacial score (nSPS) is 14.9. The number of ether oxygens (including phenoxy) is 2. The largest absolute Gasteiger partial charge is 0.495 e. The maximum absolute atomic E-state index is 6.35. The van der Waals surface area contributed by atoms with E-state index in [0.29, 0.717) is 29.0 Å². The van der Waals surface area contributed by atoms with Crippen molar-refractivity contribution in [1.29, 1.82) is 0 Å². The van der Waals surface area contributed by atoms with Crippen LogP contribution in [0.5, 0.6) is 5.75 Å². The van der Waals surface area contributed by atoms with E-state index in [-0.39, 0.29) is 6.04 Å². The minimum atomic E-state index is -0.341. The van der Waals surface area contributed by atoms with Crippen molar-refractivity contribution in [3.05, 3.63) is 62.6 Å². The third kappa shape index (κ3) is 2.74. The SMILES string of the molecule is COc1cc(Cl)c(C(N)c2ccc3c(c2)COC3)cc1Cl. The minimum absolute atomic E-state index is 0.341. The van der Waals surface area contributed by atoms with Gasteiger partial charge in [-0.2, -0.15) is 0 Å². The zero-order valence-electron chi connectivity index (χ0n) is 11.5. The first-order chi connectivity index (χ1) is 10.1. The van der Waals surface area contributed by atoms with Gasteiger partial charge in [0.1, 0.15) is 5.75 Å². The predicted molar refractivity (Wildman–Crippen MR) is 84.0 cm³/mol. The molecule has 0 saturated carbocycles. The van der Waals surface area contributed by atoms with Crippen LogP contribution in [0.3, 0.4) is 0 Å². The van der Waals surface area contributed by atoms with Crippen LogP contribution in [0.4, 0.5) is 0 Å². The average molecular weight is 324 g/mol. The average Bonchev–Trinajstić information content (AvgIpc) is 2.95. The molecule has 0 bridgehead atoms. The molecule has 110 valence electrons. The zero-order chi connectivity index (χ0) is 15.0. The molecule has 3 nitrogen and oxygen atoms in total. The first kappa shape index (κ1) is 14.7. The van der Waals surface area contributed by atoms with Gasteiger partial charge in [0.15, 0.2) is 0 Å². The maximum Gasteiger partial charge on any atom is 0.138 e. The van der Waals surface area contributed by atoms with Gasteiger partial charge in [0.05, 0.1) is 31.4 Å². The summed E-state index contributed by atoms with van der Waals surface area (Å²) in [5.41, 5.74) is 10.5. The highest BCUT2D eigenvalue weighted by molar-refractivity contribution is 6.34. The molecule has 0 fully saturated rings. The summed E-state index contributed by atoms with van der Waals surface area (Å²) < 4.78 is 10.6. The Morgan fingerprint density at radius 3 is 2.62 bits per heavy atom. The molecule has 5 heteroatoms. The quantitative estimate of drug-likeness (QED) is 0.925. The van der Waals surface area contributed by atoms with Crippen LogP contribution in [0, 0.1) is 0 Å². The monoisotopic (exact) mass is 323 g/mol. The fraction of sp³-hybridized carbons (Fsp3) is 0.250. The molecule has 1 heterocycles. The van der Waals surface area contributed by atoms with Gasteiger partial charge in [-0.3, -0.25) is 0 Å². The molecule has 1 unspecified atom stereocenters. The summed E-state index contributed by atoms with van der Waals surface area (Å²) in [5.74, 6) is 0.542. The second kappa shape index (κ2) is 5.85. The molecule has 2 aromatic rings. The summed E-state index contributed by atoms with van der Waals surface area (Å²) in [6, 6.07) is 9.24. The van der Waals surface area contributed by atoms with E-state index >= 15 is 0 Å². The molecule has 2 N–H and O–H groups in total. The van der Waals surface area contributed by atoms with Crippen LogP contribution in [0.25, 0.3) is 0 Å². The Morgan fingerprint density at radius 2 is 1.86 bits per heavy atom. The van der Waals surface area contributed by atoms with Crippen molar-refractivity contribution in [2.45, 2.75) is 19.3 Å². The molecular weight excluding hydrogens is 309 g/mol. The molecule has 0 aliphatic carbocycles. The molecule has 0 aromatic heterocycles. The molecule has 0 amide bonds. The summed E-state index contributed by atoms with van der Waals surface area (Å²) in [5, 5.41) is 1.04. The van der Waals surface area contributed by atoms with Crippen LogP contribution in [-0.2, 0) is 18.0 Å². The Hall–Kier alpha value is -1.26. The molecular formula is C16H15Cl2NO2. The summed E-state index contributed by atoms with van der Waals surface area (Å²) >= 11 is 12.5. The van der Waals surface area contributed by atoms with E-state index < -0.39 is 0 Å². The number of nitrogens with two attached hydrogens (primary N) is 1. The first-order valence-corrected chi connectivity index (χ1v) is 7.33. The van der Waals surface area contributed by atoms with Gasteiger partial charge in [0, 0.05) is 11.1 Å². The van der Waals surface area contributed by atoms with Crippen molar-refractivity contribution in [2.24, 2.45) is 5.73 Å². The number of hydrogen-bond acceptors (Lipinski definition) is 3. The van der Waals surface area contributed by atoms with Crippen molar-refractivity contribution >= 4 is 23.2 Å². The van der Waals surface area contributed by atoms with E-state index in [1.54, 1.807) is 19.2 Å². The molecule has 1 aliphatic heterocycles. The fourth-order valence-corrected chi connectivity index (χ4v) is 3.02. The van der Waals surface area contributed by atoms with E-state index in [1.165, 1.54) is 11.1 Å². The topological polar surface area (TPSA) is 44.5 Å². The predicted octanol–water partition coefficient (Wildman–Crippen LogP) is 4.08. The number of benzene rings is 2. The van der Waals surface area contributed by atoms with Gasteiger partial charge in [-0.25, -0.2) is 0 Å². The molecule has 1 aliphatic rings. The number of halogens is 2. The highest BCUT2D eigenvalue weighted by atomic mass is 35.5. The van der Waals surface area contributed by atoms with Crippen LogP contribution in [0.1, 0.15) is 28.3 Å². The Bertz CT molecular complexity index is 688. The molecule has 1 atom stereocenters. The number of methoxy groups -OCH3 is 1.